The van der Waals surface area contributed by atoms with Gasteiger partial charge in [-0.25, -0.2) is 0 Å². The zero-order valence-corrected chi connectivity index (χ0v) is 5.28. The van der Waals surface area contributed by atoms with E-state index in [2.05, 4.69) is 0 Å². The minimum Gasteiger partial charge on any atom is -0.389 e. The Kier molecular flexibility index (Phi) is 3.34. The Labute approximate surface area is 60.4 Å². The lowest BCUT2D eigenvalue weighted by molar-refractivity contribution is -0.652. The van der Waals surface area contributed by atoms with Gasteiger partial charge in [-0.1, -0.05) is 0 Å². The minimum atomic E-state index is -2.35. The normalized spacial score (nSPS) is 15.5. The Morgan fingerprint density at radius 3 is 1.82 bits per heavy atom. The largest absolute Gasteiger partial charge is 0.389 e. The van der Waals surface area contributed by atoms with Crippen LogP contribution >= 0.6 is 0 Å². The Morgan fingerprint density at radius 1 is 1.27 bits per heavy atom. The van der Waals surface area contributed by atoms with Crippen molar-refractivity contribution < 1.29 is 20.1 Å². The first kappa shape index (κ1) is 9.72. The van der Waals surface area contributed by atoms with Gasteiger partial charge in [0.2, 0.25) is 0 Å². The van der Waals surface area contributed by atoms with Gasteiger partial charge in [-0.15, -0.1) is 0 Å². The highest BCUT2D eigenvalue weighted by molar-refractivity contribution is 4.55. The smallest absolute Gasteiger partial charge is 0.382 e. The van der Waals surface area contributed by atoms with Gasteiger partial charge in [0.15, 0.2) is 0 Å². The average molecular weight is 166 g/mol. The maximum absolute atomic E-state index is 9.86. The van der Waals surface area contributed by atoms with E-state index in [-0.39, 0.29) is 0 Å². The second kappa shape index (κ2) is 3.78. The van der Waals surface area contributed by atoms with Gasteiger partial charge in [0.1, 0.15) is 6.61 Å². The number of rotatable bonds is 4. The summed E-state index contributed by atoms with van der Waals surface area (Å²) in [5.74, 6) is 0. The van der Waals surface area contributed by atoms with Crippen LogP contribution in [-0.4, -0.2) is 38.9 Å². The molecule has 0 aromatic rings. The summed E-state index contributed by atoms with van der Waals surface area (Å²) in [6, 6.07) is -1.95. The summed E-state index contributed by atoms with van der Waals surface area (Å²) in [5, 5.41) is 36.3. The summed E-state index contributed by atoms with van der Waals surface area (Å²) in [7, 11) is 0. The number of hydrogen-bond acceptors (Lipinski definition) is 6. The number of nitro groups is 2. The lowest BCUT2D eigenvalue weighted by Gasteiger charge is -2.05. The van der Waals surface area contributed by atoms with Gasteiger partial charge in [-0.3, -0.25) is 20.2 Å². The van der Waals surface area contributed by atoms with Crippen LogP contribution in [-0.2, 0) is 0 Å². The predicted molar refractivity (Wildman–Crippen MR) is 30.9 cm³/mol. The summed E-state index contributed by atoms with van der Waals surface area (Å²) in [4.78, 5) is 17.3. The van der Waals surface area contributed by atoms with Gasteiger partial charge >= 0.3 is 12.3 Å². The van der Waals surface area contributed by atoms with Crippen LogP contribution in [0.1, 0.15) is 0 Å². The van der Waals surface area contributed by atoms with E-state index in [9.17, 15) is 20.2 Å². The van der Waals surface area contributed by atoms with Crippen molar-refractivity contribution >= 4 is 0 Å². The van der Waals surface area contributed by atoms with E-state index in [1.807, 2.05) is 0 Å². The molecule has 0 saturated heterocycles. The molecule has 0 amide bonds. The number of aliphatic hydroxyl groups excluding tert-OH is 2. The molecule has 0 aliphatic heterocycles. The van der Waals surface area contributed by atoms with Gasteiger partial charge in [-0.2, -0.15) is 0 Å². The fraction of sp³-hybridized carbons (Fsp3) is 1.00. The van der Waals surface area contributed by atoms with Crippen molar-refractivity contribution in [1.29, 1.82) is 0 Å². The number of nitrogens with zero attached hydrogens (tertiary/aromatic N) is 2. The summed E-state index contributed by atoms with van der Waals surface area (Å²) in [5.41, 5.74) is 0. The third-order valence-electron chi connectivity index (χ3n) is 1.02. The van der Waals surface area contributed by atoms with Crippen molar-refractivity contribution in [2.45, 2.75) is 12.3 Å². The molecule has 0 aromatic carbocycles. The molecule has 0 spiro atoms. The minimum absolute atomic E-state index is 1.06. The topological polar surface area (TPSA) is 127 Å². The molecule has 8 nitrogen and oxygen atoms in total. The molecule has 8 heteroatoms. The molecule has 0 rings (SSSR count). The Hall–Kier alpha value is -1.28. The SMILES string of the molecule is O=[N+]([O-])C(O)C(CO)[N+](=O)[O-]. The van der Waals surface area contributed by atoms with Crippen molar-refractivity contribution in [3.8, 4) is 0 Å². The van der Waals surface area contributed by atoms with Crippen LogP contribution in [0.15, 0.2) is 0 Å². The molecule has 0 aliphatic rings. The standard InChI is InChI=1S/C3H6N2O6/c6-1-2(4(8)9)3(7)5(10)11/h2-3,6-7H,1H2. The number of hydrogen-bond donors (Lipinski definition) is 2. The van der Waals surface area contributed by atoms with Crippen LogP contribution < -0.4 is 0 Å². The van der Waals surface area contributed by atoms with E-state index in [0.29, 0.717) is 0 Å². The average Bonchev–Trinajstić information content (AvgIpc) is 1.88. The van der Waals surface area contributed by atoms with E-state index < -0.39 is 28.7 Å². The first-order valence-corrected chi connectivity index (χ1v) is 2.56. The molecular weight excluding hydrogens is 160 g/mol. The molecule has 0 bridgehead atoms. The molecule has 0 saturated carbocycles. The first-order chi connectivity index (χ1) is 5.00. The molecular formula is C3H6N2O6. The van der Waals surface area contributed by atoms with Crippen molar-refractivity contribution in [3.63, 3.8) is 0 Å². The monoisotopic (exact) mass is 166 g/mol. The summed E-state index contributed by atoms with van der Waals surface area (Å²) in [6.07, 6.45) is -2.35. The lowest BCUT2D eigenvalue weighted by Crippen LogP contribution is -2.41. The fourth-order valence-electron chi connectivity index (χ4n) is 0.410. The zero-order valence-electron chi connectivity index (χ0n) is 5.28. The van der Waals surface area contributed by atoms with Gasteiger partial charge in [0, 0.05) is 4.92 Å². The van der Waals surface area contributed by atoms with Gasteiger partial charge in [-0.05, 0) is 0 Å². The Balaban J connectivity index is 4.25. The highest BCUT2D eigenvalue weighted by Gasteiger charge is 2.38. The summed E-state index contributed by atoms with van der Waals surface area (Å²) < 4.78 is 0. The van der Waals surface area contributed by atoms with Gasteiger partial charge < -0.3 is 10.2 Å². The molecule has 0 heterocycles. The van der Waals surface area contributed by atoms with Crippen LogP contribution in [0.4, 0.5) is 0 Å². The maximum atomic E-state index is 9.86. The van der Waals surface area contributed by atoms with E-state index in [4.69, 9.17) is 10.2 Å². The third-order valence-corrected chi connectivity index (χ3v) is 1.02. The second-order valence-corrected chi connectivity index (χ2v) is 1.73. The van der Waals surface area contributed by atoms with E-state index >= 15 is 0 Å². The third kappa shape index (κ3) is 2.43. The molecule has 0 fully saturated rings. The maximum Gasteiger partial charge on any atom is 0.382 e. The summed E-state index contributed by atoms with van der Waals surface area (Å²) in [6.45, 7) is -1.06. The van der Waals surface area contributed by atoms with Crippen molar-refractivity contribution in [2.24, 2.45) is 0 Å². The van der Waals surface area contributed by atoms with E-state index in [0.717, 1.165) is 0 Å². The second-order valence-electron chi connectivity index (χ2n) is 1.73. The van der Waals surface area contributed by atoms with Crippen LogP contribution in [0.5, 0.6) is 0 Å². The van der Waals surface area contributed by atoms with Crippen molar-refractivity contribution in [1.82, 2.24) is 0 Å². The van der Waals surface area contributed by atoms with E-state index in [1.54, 1.807) is 0 Å². The van der Waals surface area contributed by atoms with Gasteiger partial charge in [0.05, 0.1) is 4.92 Å². The van der Waals surface area contributed by atoms with Gasteiger partial charge in [0.25, 0.3) is 0 Å². The van der Waals surface area contributed by atoms with Crippen molar-refractivity contribution in [3.05, 3.63) is 20.2 Å². The molecule has 11 heavy (non-hydrogen) atoms. The first-order valence-electron chi connectivity index (χ1n) is 2.56. The Morgan fingerprint density at radius 2 is 1.73 bits per heavy atom. The highest BCUT2D eigenvalue weighted by Crippen LogP contribution is 1.97. The quantitative estimate of drug-likeness (QED) is 0.288. The molecule has 2 atom stereocenters. The molecule has 0 aromatic heterocycles. The van der Waals surface area contributed by atoms with Crippen LogP contribution in [0.3, 0.4) is 0 Å². The van der Waals surface area contributed by atoms with Crippen LogP contribution in [0.2, 0.25) is 0 Å². The van der Waals surface area contributed by atoms with Crippen LogP contribution in [0, 0.1) is 20.2 Å². The highest BCUT2D eigenvalue weighted by atomic mass is 16.7. The lowest BCUT2D eigenvalue weighted by atomic mass is 10.3. The molecule has 0 aliphatic carbocycles. The fourth-order valence-corrected chi connectivity index (χ4v) is 0.410. The molecule has 2 unspecified atom stereocenters. The van der Waals surface area contributed by atoms with Crippen molar-refractivity contribution in [2.75, 3.05) is 6.61 Å². The molecule has 0 radical (unpaired) electrons. The van der Waals surface area contributed by atoms with E-state index in [1.165, 1.54) is 0 Å². The number of aliphatic hydroxyl groups is 2. The summed E-state index contributed by atoms with van der Waals surface area (Å²) >= 11 is 0. The predicted octanol–water partition coefficient (Wildman–Crippen LogP) is -1.78. The molecule has 2 N–H and O–H groups in total. The molecule has 64 valence electrons. The van der Waals surface area contributed by atoms with Crippen LogP contribution in [0.25, 0.3) is 0 Å². The Bertz CT molecular complexity index is 169. The zero-order chi connectivity index (χ0) is 9.02.